The van der Waals surface area contributed by atoms with Crippen LogP contribution in [0.1, 0.15) is 19.8 Å². The molecule has 7 nitrogen and oxygen atoms in total. The topological polar surface area (TPSA) is 87.7 Å². The van der Waals surface area contributed by atoms with E-state index < -0.39 is 5.97 Å². The SMILES string of the molecule is CCOC(=O)CNC(=O)N1CCCC(C(=O)NC)C1. The minimum Gasteiger partial charge on any atom is -0.465 e. The Balaban J connectivity index is 2.39. The number of ether oxygens (including phenoxy) is 1. The van der Waals surface area contributed by atoms with Gasteiger partial charge in [0.05, 0.1) is 12.5 Å². The van der Waals surface area contributed by atoms with Crippen LogP contribution in [0.5, 0.6) is 0 Å². The number of rotatable bonds is 4. The highest BCUT2D eigenvalue weighted by Gasteiger charge is 2.27. The maximum Gasteiger partial charge on any atom is 0.325 e. The molecule has 0 radical (unpaired) electrons. The van der Waals surface area contributed by atoms with Gasteiger partial charge in [-0.3, -0.25) is 9.59 Å². The fraction of sp³-hybridized carbons (Fsp3) is 0.750. The van der Waals surface area contributed by atoms with Crippen molar-refractivity contribution < 1.29 is 19.1 Å². The normalized spacial score (nSPS) is 18.6. The summed E-state index contributed by atoms with van der Waals surface area (Å²) in [5.74, 6) is -0.689. The van der Waals surface area contributed by atoms with Gasteiger partial charge in [-0.05, 0) is 19.8 Å². The molecule has 0 saturated carbocycles. The molecule has 1 aliphatic rings. The molecule has 7 heteroatoms. The number of nitrogens with zero attached hydrogens (tertiary/aromatic N) is 1. The number of amides is 3. The van der Waals surface area contributed by atoms with E-state index in [0.29, 0.717) is 13.1 Å². The van der Waals surface area contributed by atoms with Gasteiger partial charge in [-0.2, -0.15) is 0 Å². The number of hydrogen-bond acceptors (Lipinski definition) is 4. The standard InChI is InChI=1S/C12H21N3O4/c1-3-19-10(16)7-14-12(18)15-6-4-5-9(8-15)11(17)13-2/h9H,3-8H2,1-2H3,(H,13,17)(H,14,18). The Morgan fingerprint density at radius 3 is 2.74 bits per heavy atom. The highest BCUT2D eigenvalue weighted by Crippen LogP contribution is 2.16. The van der Waals surface area contributed by atoms with Crippen molar-refractivity contribution in [3.63, 3.8) is 0 Å². The van der Waals surface area contributed by atoms with Crippen LogP contribution in [-0.4, -0.2) is 56.1 Å². The molecule has 108 valence electrons. The van der Waals surface area contributed by atoms with E-state index in [1.54, 1.807) is 18.9 Å². The van der Waals surface area contributed by atoms with Gasteiger partial charge in [0.15, 0.2) is 0 Å². The van der Waals surface area contributed by atoms with Crippen LogP contribution in [0.3, 0.4) is 0 Å². The largest absolute Gasteiger partial charge is 0.465 e. The molecule has 0 bridgehead atoms. The number of esters is 1. The van der Waals surface area contributed by atoms with Crippen molar-refractivity contribution in [2.24, 2.45) is 5.92 Å². The number of urea groups is 1. The molecule has 0 aromatic carbocycles. The van der Waals surface area contributed by atoms with Crippen LogP contribution in [-0.2, 0) is 14.3 Å². The van der Waals surface area contributed by atoms with E-state index >= 15 is 0 Å². The summed E-state index contributed by atoms with van der Waals surface area (Å²) >= 11 is 0. The number of nitrogens with one attached hydrogen (secondary N) is 2. The fourth-order valence-electron chi connectivity index (χ4n) is 2.05. The Hall–Kier alpha value is -1.79. The average Bonchev–Trinajstić information content (AvgIpc) is 2.44. The second-order valence-electron chi connectivity index (χ2n) is 4.36. The molecule has 1 unspecified atom stereocenters. The molecule has 1 atom stereocenters. The van der Waals surface area contributed by atoms with Crippen molar-refractivity contribution in [3.05, 3.63) is 0 Å². The summed E-state index contributed by atoms with van der Waals surface area (Å²) < 4.78 is 4.72. The maximum absolute atomic E-state index is 11.8. The third-order valence-electron chi connectivity index (χ3n) is 3.02. The summed E-state index contributed by atoms with van der Waals surface area (Å²) in [5, 5.41) is 5.08. The van der Waals surface area contributed by atoms with E-state index in [2.05, 4.69) is 10.6 Å². The van der Waals surface area contributed by atoms with E-state index in [9.17, 15) is 14.4 Å². The number of piperidine rings is 1. The van der Waals surface area contributed by atoms with Crippen molar-refractivity contribution in [2.45, 2.75) is 19.8 Å². The first-order chi connectivity index (χ1) is 9.08. The summed E-state index contributed by atoms with van der Waals surface area (Å²) in [6.45, 7) is 2.83. The Kier molecular flexibility index (Phi) is 6.11. The van der Waals surface area contributed by atoms with Crippen LogP contribution < -0.4 is 10.6 Å². The van der Waals surface area contributed by atoms with Gasteiger partial charge in [0.25, 0.3) is 0 Å². The van der Waals surface area contributed by atoms with E-state index in [-0.39, 0.29) is 31.0 Å². The van der Waals surface area contributed by atoms with Crippen LogP contribution >= 0.6 is 0 Å². The molecule has 1 rings (SSSR count). The van der Waals surface area contributed by atoms with Gasteiger partial charge in [0, 0.05) is 20.1 Å². The predicted molar refractivity (Wildman–Crippen MR) is 68.4 cm³/mol. The van der Waals surface area contributed by atoms with E-state index in [0.717, 1.165) is 12.8 Å². The van der Waals surface area contributed by atoms with Gasteiger partial charge in [-0.25, -0.2) is 4.79 Å². The van der Waals surface area contributed by atoms with Gasteiger partial charge in [-0.15, -0.1) is 0 Å². The lowest BCUT2D eigenvalue weighted by Gasteiger charge is -2.31. The van der Waals surface area contributed by atoms with Gasteiger partial charge in [0.1, 0.15) is 6.54 Å². The Morgan fingerprint density at radius 1 is 1.37 bits per heavy atom. The lowest BCUT2D eigenvalue weighted by Crippen LogP contribution is -2.49. The van der Waals surface area contributed by atoms with Crippen molar-refractivity contribution >= 4 is 17.9 Å². The highest BCUT2D eigenvalue weighted by molar-refractivity contribution is 5.82. The number of carbonyl (C=O) groups is 3. The third-order valence-corrected chi connectivity index (χ3v) is 3.02. The highest BCUT2D eigenvalue weighted by atomic mass is 16.5. The second kappa shape index (κ2) is 7.60. The zero-order valence-corrected chi connectivity index (χ0v) is 11.4. The minimum atomic E-state index is -0.462. The lowest BCUT2D eigenvalue weighted by atomic mass is 9.97. The Morgan fingerprint density at radius 2 is 2.11 bits per heavy atom. The Bertz CT molecular complexity index is 346. The lowest BCUT2D eigenvalue weighted by molar-refractivity contribution is -0.141. The summed E-state index contributed by atoms with van der Waals surface area (Å²) in [7, 11) is 1.59. The molecule has 19 heavy (non-hydrogen) atoms. The van der Waals surface area contributed by atoms with E-state index in [1.807, 2.05) is 0 Å². The smallest absolute Gasteiger partial charge is 0.325 e. The summed E-state index contributed by atoms with van der Waals surface area (Å²) in [6.07, 6.45) is 1.56. The monoisotopic (exact) mass is 271 g/mol. The van der Waals surface area contributed by atoms with Crippen LogP contribution in [0, 0.1) is 5.92 Å². The molecule has 0 aromatic heterocycles. The van der Waals surface area contributed by atoms with Crippen molar-refractivity contribution in [2.75, 3.05) is 33.3 Å². The van der Waals surface area contributed by atoms with Gasteiger partial charge in [0.2, 0.25) is 5.91 Å². The molecular formula is C12H21N3O4. The zero-order chi connectivity index (χ0) is 14.3. The summed E-state index contributed by atoms with van der Waals surface area (Å²) in [6, 6.07) is -0.332. The molecular weight excluding hydrogens is 250 g/mol. The minimum absolute atomic E-state index is 0.0529. The van der Waals surface area contributed by atoms with Crippen LogP contribution in [0.2, 0.25) is 0 Å². The molecule has 1 aliphatic heterocycles. The van der Waals surface area contributed by atoms with Gasteiger partial charge < -0.3 is 20.3 Å². The molecule has 1 fully saturated rings. The molecule has 2 N–H and O–H groups in total. The second-order valence-corrected chi connectivity index (χ2v) is 4.36. The third kappa shape index (κ3) is 4.76. The molecule has 0 aromatic rings. The van der Waals surface area contributed by atoms with Gasteiger partial charge in [-0.1, -0.05) is 0 Å². The average molecular weight is 271 g/mol. The first kappa shape index (κ1) is 15.3. The molecule has 0 spiro atoms. The molecule has 1 heterocycles. The van der Waals surface area contributed by atoms with Crippen LogP contribution in [0.25, 0.3) is 0 Å². The molecule has 0 aliphatic carbocycles. The summed E-state index contributed by atoms with van der Waals surface area (Å²) in [4.78, 5) is 36.1. The fourth-order valence-corrected chi connectivity index (χ4v) is 2.05. The maximum atomic E-state index is 11.8. The number of carbonyl (C=O) groups excluding carboxylic acids is 3. The molecule has 3 amide bonds. The predicted octanol–water partition coefficient (Wildman–Crippen LogP) is -0.283. The first-order valence-corrected chi connectivity index (χ1v) is 6.48. The van der Waals surface area contributed by atoms with Crippen molar-refractivity contribution in [3.8, 4) is 0 Å². The van der Waals surface area contributed by atoms with Crippen LogP contribution in [0.15, 0.2) is 0 Å². The van der Waals surface area contributed by atoms with Crippen molar-refractivity contribution in [1.82, 2.24) is 15.5 Å². The number of likely N-dealkylation sites (tertiary alicyclic amines) is 1. The van der Waals surface area contributed by atoms with Crippen molar-refractivity contribution in [1.29, 1.82) is 0 Å². The van der Waals surface area contributed by atoms with E-state index in [4.69, 9.17) is 4.74 Å². The van der Waals surface area contributed by atoms with Crippen LogP contribution in [0.4, 0.5) is 4.79 Å². The first-order valence-electron chi connectivity index (χ1n) is 6.48. The zero-order valence-electron chi connectivity index (χ0n) is 11.4. The van der Waals surface area contributed by atoms with Gasteiger partial charge >= 0.3 is 12.0 Å². The quantitative estimate of drug-likeness (QED) is 0.688. The Labute approximate surface area is 112 Å². The summed E-state index contributed by atoms with van der Waals surface area (Å²) in [5.41, 5.74) is 0. The van der Waals surface area contributed by atoms with E-state index in [1.165, 1.54) is 0 Å². The number of hydrogen-bond donors (Lipinski definition) is 2. The molecule has 1 saturated heterocycles.